The van der Waals surface area contributed by atoms with Gasteiger partial charge >= 0.3 is 22.2 Å². The van der Waals surface area contributed by atoms with Gasteiger partial charge < -0.3 is 43.9 Å². The Morgan fingerprint density at radius 2 is 1.25 bits per heavy atom. The van der Waals surface area contributed by atoms with E-state index < -0.39 is 79.8 Å². The summed E-state index contributed by atoms with van der Waals surface area (Å²) in [5.74, 6) is -3.46. The van der Waals surface area contributed by atoms with Crippen LogP contribution in [0.2, 0.25) is 0 Å². The molecule has 1 unspecified atom stereocenters. The number of carbonyl (C=O) groups is 7. The van der Waals surface area contributed by atoms with Crippen LogP contribution in [0, 0.1) is 29.4 Å². The largest absolute Gasteiger partial charge is 0.494 e. The number of piperazine rings is 1. The number of nitrogens with one attached hydrogen (secondary N) is 2. The van der Waals surface area contributed by atoms with Crippen LogP contribution in [0.5, 0.6) is 17.2 Å². The number of aromatic nitrogens is 8. The second kappa shape index (κ2) is 29.7. The SMILES string of the molecule is CCn1nc(C)cc1C(=O)Nc1nc2cc(C(N)=O)cc(OC)c2n1C/C=C/Cn1c(NC(=O)c2cc(C)nn2CC)nc2cc(C(N)=O)cc(OCCCN3CCN(C(=O)OC(CCCN4C(=O)c5ccccc5C4=O)c4ccc(OS(=O)(=O)OCC(C)(C)C)c([N+](=O)[O-])c4)CC3)c21. The number of hydrogen-bond donors (Lipinski definition) is 4. The first kappa shape index (κ1) is 70.7. The van der Waals surface area contributed by atoms with Crippen molar-refractivity contribution in [2.45, 2.75) is 100 Å². The zero-order valence-corrected chi connectivity index (χ0v) is 56.6. The Bertz CT molecular complexity index is 4600. The van der Waals surface area contributed by atoms with Gasteiger partial charge in [-0.3, -0.25) is 68.7 Å². The molecule has 1 atom stereocenters. The lowest BCUT2D eigenvalue weighted by atomic mass is 9.99. The maximum atomic E-state index is 14.1. The minimum Gasteiger partial charge on any atom is -0.494 e. The quantitative estimate of drug-likeness (QED) is 0.0117. The first-order chi connectivity index (χ1) is 47.1. The summed E-state index contributed by atoms with van der Waals surface area (Å²) in [5, 5.41) is 27.2. The number of nitrogens with two attached hydrogens (primary N) is 2. The molecule has 6 N–H and O–H groups in total. The molecule has 8 aromatic rings. The molecule has 0 aliphatic carbocycles. The van der Waals surface area contributed by atoms with E-state index in [4.69, 9.17) is 44.0 Å². The molecule has 7 amide bonds. The molecule has 10 rings (SSSR count). The van der Waals surface area contributed by atoms with Gasteiger partial charge in [-0.15, -0.1) is 0 Å². The van der Waals surface area contributed by atoms with Crippen molar-refractivity contribution in [3.8, 4) is 17.2 Å². The van der Waals surface area contributed by atoms with Crippen LogP contribution in [0.4, 0.5) is 22.4 Å². The molecule has 0 bridgehead atoms. The number of rotatable bonds is 29. The number of allylic oxidation sites excluding steroid dienone is 2. The fourth-order valence-electron chi connectivity index (χ4n) is 11.5. The lowest BCUT2D eigenvalue weighted by Crippen LogP contribution is -2.49. The molecular formula is C66H76N16O16S. The van der Waals surface area contributed by atoms with E-state index in [2.05, 4.69) is 25.7 Å². The highest BCUT2D eigenvalue weighted by atomic mass is 32.3. The summed E-state index contributed by atoms with van der Waals surface area (Å²) in [6.45, 7) is 14.7. The molecule has 6 heterocycles. The fourth-order valence-corrected chi connectivity index (χ4v) is 12.4. The van der Waals surface area contributed by atoms with E-state index in [0.717, 1.165) is 17.0 Å². The van der Waals surface area contributed by atoms with Crippen LogP contribution in [0.1, 0.15) is 139 Å². The van der Waals surface area contributed by atoms with Crippen molar-refractivity contribution < 1.29 is 69.5 Å². The topological polar surface area (TPSA) is 400 Å². The van der Waals surface area contributed by atoms with Crippen molar-refractivity contribution in [2.75, 3.05) is 70.2 Å². The Hall–Kier alpha value is -11.1. The number of amides is 7. The van der Waals surface area contributed by atoms with Gasteiger partial charge in [-0.1, -0.05) is 51.1 Å². The Morgan fingerprint density at radius 1 is 0.717 bits per heavy atom. The van der Waals surface area contributed by atoms with Gasteiger partial charge in [-0.2, -0.15) is 18.6 Å². The van der Waals surface area contributed by atoms with Crippen LogP contribution in [-0.2, 0) is 45.5 Å². The molecule has 1 fully saturated rings. The average molecular weight is 1380 g/mol. The third-order valence-electron chi connectivity index (χ3n) is 16.3. The Balaban J connectivity index is 0.852. The smallest absolute Gasteiger partial charge is 0.449 e. The van der Waals surface area contributed by atoms with Gasteiger partial charge in [-0.05, 0) is 113 Å². The van der Waals surface area contributed by atoms with Gasteiger partial charge in [0.2, 0.25) is 29.5 Å². The lowest BCUT2D eigenvalue weighted by molar-refractivity contribution is -0.385. The maximum Gasteiger partial charge on any atom is 0.449 e. The summed E-state index contributed by atoms with van der Waals surface area (Å²) in [6, 6.07) is 19.1. The summed E-state index contributed by atoms with van der Waals surface area (Å²) >= 11 is 0. The fraction of sp³-hybridized carbons (Fsp3) is 0.379. The standard InChI is InChI=1S/C66H76N16O16S/c1-9-80-49(31-39(3)73-80)59(85)71-63-69-46-33-42(57(67)83)36-53(94-8)55(46)77(63)23-13-14-24-78-56-47(70-64(78)72-60(86)50-32-40(4)74-81(50)10-2)34-43(58(68)84)37-54(56)95-30-16-22-75-26-28-76(29-27-75)65(89)97-51(19-15-25-79-61(87)44-17-11-12-18-45(44)62(79)88)41-20-21-52(48(35-41)82(90)91)98-99(92,93)96-38-66(5,6)7/h11-14,17-18,20-21,31-37,51H,9-10,15-16,19,22-30,38H2,1-8H3,(H2,67,83)(H2,68,84)(H,69,71,85)(H,70,72,86)/b14-13+. The van der Waals surface area contributed by atoms with E-state index >= 15 is 0 Å². The van der Waals surface area contributed by atoms with E-state index in [1.165, 1.54) is 42.3 Å². The number of aryl methyl sites for hydroxylation is 4. The van der Waals surface area contributed by atoms with Gasteiger partial charge in [0.25, 0.3) is 23.6 Å². The van der Waals surface area contributed by atoms with E-state index in [-0.39, 0.29) is 121 Å². The van der Waals surface area contributed by atoms with Crippen LogP contribution >= 0.6 is 0 Å². The minimum atomic E-state index is -4.76. The summed E-state index contributed by atoms with van der Waals surface area (Å²) in [5.41, 5.74) is 14.2. The molecule has 33 heteroatoms. The van der Waals surface area contributed by atoms with Crippen LogP contribution in [0.25, 0.3) is 22.1 Å². The number of nitro groups is 1. The van der Waals surface area contributed by atoms with E-state index in [1.54, 1.807) is 102 Å². The van der Waals surface area contributed by atoms with E-state index in [1.807, 2.05) is 13.8 Å². The number of anilines is 2. The first-order valence-electron chi connectivity index (χ1n) is 31.9. The van der Waals surface area contributed by atoms with Crippen molar-refractivity contribution >= 4 is 91.6 Å². The molecule has 2 aliphatic rings. The van der Waals surface area contributed by atoms with E-state index in [9.17, 15) is 52.1 Å². The second-order valence-corrected chi connectivity index (χ2v) is 25.9. The highest BCUT2D eigenvalue weighted by Gasteiger charge is 2.36. The Labute approximate surface area is 568 Å². The number of primary amides is 2. The van der Waals surface area contributed by atoms with Gasteiger partial charge in [0, 0.05) is 82.6 Å². The van der Waals surface area contributed by atoms with Crippen molar-refractivity contribution in [3.05, 3.63) is 152 Å². The molecule has 4 aromatic heterocycles. The van der Waals surface area contributed by atoms with Crippen LogP contribution < -0.4 is 35.8 Å². The third-order valence-corrected chi connectivity index (χ3v) is 17.1. The molecule has 0 spiro atoms. The molecule has 0 saturated carbocycles. The number of nitro benzene ring substituents is 1. The summed E-state index contributed by atoms with van der Waals surface area (Å²) < 4.78 is 60.5. The Morgan fingerprint density at radius 3 is 1.76 bits per heavy atom. The van der Waals surface area contributed by atoms with Crippen LogP contribution in [-0.4, -0.2) is 168 Å². The number of nitrogens with zero attached hydrogens (tertiary/aromatic N) is 12. The number of hydrogen-bond acceptors (Lipinski definition) is 21. The number of imide groups is 1. The molecule has 4 aromatic carbocycles. The van der Waals surface area contributed by atoms with Crippen molar-refractivity contribution in [1.29, 1.82) is 0 Å². The highest BCUT2D eigenvalue weighted by Crippen LogP contribution is 2.37. The number of imidazole rings is 2. The van der Waals surface area contributed by atoms with Crippen molar-refractivity contribution in [1.82, 2.24) is 53.4 Å². The predicted octanol–water partition coefficient (Wildman–Crippen LogP) is 7.34. The molecular weight excluding hydrogens is 1300 g/mol. The summed E-state index contributed by atoms with van der Waals surface area (Å²) in [4.78, 5) is 120. The van der Waals surface area contributed by atoms with Gasteiger partial charge in [0.05, 0.1) is 58.8 Å². The highest BCUT2D eigenvalue weighted by molar-refractivity contribution is 7.82. The molecule has 1 saturated heterocycles. The molecule has 0 radical (unpaired) electrons. The summed E-state index contributed by atoms with van der Waals surface area (Å²) in [7, 11) is -3.33. The predicted molar refractivity (Wildman–Crippen MR) is 360 cm³/mol. The zero-order chi connectivity index (χ0) is 71.2. The van der Waals surface area contributed by atoms with Crippen LogP contribution in [0.15, 0.2) is 91.0 Å². The molecule has 99 heavy (non-hydrogen) atoms. The van der Waals surface area contributed by atoms with Crippen LogP contribution in [0.3, 0.4) is 0 Å². The number of ether oxygens (including phenoxy) is 3. The van der Waals surface area contributed by atoms with Gasteiger partial charge in [0.15, 0.2) is 0 Å². The van der Waals surface area contributed by atoms with Gasteiger partial charge in [0.1, 0.15) is 40.0 Å². The second-order valence-electron chi connectivity index (χ2n) is 24.7. The first-order valence-corrected chi connectivity index (χ1v) is 33.2. The van der Waals surface area contributed by atoms with Crippen molar-refractivity contribution in [2.24, 2.45) is 16.9 Å². The maximum absolute atomic E-state index is 14.1. The monoisotopic (exact) mass is 1380 g/mol. The van der Waals surface area contributed by atoms with E-state index in [0.29, 0.717) is 72.8 Å². The normalized spacial score (nSPS) is 13.9. The number of benzene rings is 4. The Kier molecular flexibility index (Phi) is 21.2. The number of carbonyl (C=O) groups excluding carboxylic acids is 7. The number of fused-ring (bicyclic) bond motifs is 3. The number of methoxy groups -OCH3 is 1. The average Bonchev–Trinajstić information content (AvgIpc) is 1.65. The molecule has 2 aliphatic heterocycles. The van der Waals surface area contributed by atoms with Gasteiger partial charge in [-0.25, -0.2) is 18.9 Å². The molecule has 522 valence electrons. The minimum absolute atomic E-state index is 0.0179. The third kappa shape index (κ3) is 16.2. The van der Waals surface area contributed by atoms with Crippen molar-refractivity contribution in [3.63, 3.8) is 0 Å². The summed E-state index contributed by atoms with van der Waals surface area (Å²) in [6.07, 6.45) is 2.16. The zero-order valence-electron chi connectivity index (χ0n) is 55.8. The lowest BCUT2D eigenvalue weighted by Gasteiger charge is -2.35. The molecule has 32 nitrogen and oxygen atoms in total.